The van der Waals surface area contributed by atoms with Crippen molar-refractivity contribution in [2.75, 3.05) is 5.32 Å². The topological polar surface area (TPSA) is 51.1 Å². The zero-order valence-corrected chi connectivity index (χ0v) is 16.2. The maximum Gasteiger partial charge on any atom is 0.257 e. The summed E-state index contributed by atoms with van der Waals surface area (Å²) in [4.78, 5) is 24.7. The highest BCUT2D eigenvalue weighted by Crippen LogP contribution is 2.17. The molecular weight excluding hydrogens is 392 g/mol. The Bertz CT molecular complexity index is 1020. The van der Waals surface area contributed by atoms with Gasteiger partial charge in [0.05, 0.1) is 12.1 Å². The van der Waals surface area contributed by atoms with Crippen molar-refractivity contribution in [2.24, 2.45) is 0 Å². The summed E-state index contributed by atoms with van der Waals surface area (Å²) in [6, 6.07) is 16.5. The Morgan fingerprint density at radius 1 is 1.08 bits per heavy atom. The van der Waals surface area contributed by atoms with Gasteiger partial charge in [-0.3, -0.25) is 9.59 Å². The number of pyridine rings is 1. The molecule has 2 aromatic carbocycles. The highest BCUT2D eigenvalue weighted by Gasteiger charge is 2.09. The Balaban J connectivity index is 1.86. The molecular formula is C21H19BrN2O2. The minimum atomic E-state index is -0.252. The third kappa shape index (κ3) is 4.29. The van der Waals surface area contributed by atoms with E-state index in [0.29, 0.717) is 17.8 Å². The third-order valence-corrected chi connectivity index (χ3v) is 4.67. The number of halogens is 1. The van der Waals surface area contributed by atoms with Gasteiger partial charge in [0.25, 0.3) is 11.5 Å². The van der Waals surface area contributed by atoms with E-state index in [-0.39, 0.29) is 11.5 Å². The molecule has 0 aliphatic rings. The fourth-order valence-corrected chi connectivity index (χ4v) is 3.11. The van der Waals surface area contributed by atoms with E-state index < -0.39 is 0 Å². The first kappa shape index (κ1) is 18.1. The van der Waals surface area contributed by atoms with E-state index in [1.54, 1.807) is 16.8 Å². The zero-order chi connectivity index (χ0) is 18.7. The van der Waals surface area contributed by atoms with Crippen molar-refractivity contribution in [3.8, 4) is 0 Å². The van der Waals surface area contributed by atoms with Crippen molar-refractivity contribution in [3.63, 3.8) is 0 Å². The number of carbonyl (C=O) groups is 1. The molecule has 0 aliphatic heterocycles. The molecule has 0 spiro atoms. The van der Waals surface area contributed by atoms with Crippen LogP contribution in [-0.4, -0.2) is 10.5 Å². The van der Waals surface area contributed by atoms with Crippen LogP contribution < -0.4 is 10.9 Å². The third-order valence-electron chi connectivity index (χ3n) is 4.17. The molecule has 0 radical (unpaired) electrons. The predicted octanol–water partition coefficient (Wildman–Crippen LogP) is 4.53. The number of aryl methyl sites for hydroxylation is 2. The number of benzene rings is 2. The van der Waals surface area contributed by atoms with Gasteiger partial charge >= 0.3 is 0 Å². The molecule has 132 valence electrons. The van der Waals surface area contributed by atoms with Gasteiger partial charge in [0.2, 0.25) is 0 Å². The number of hydrogen-bond donors (Lipinski definition) is 1. The molecule has 1 heterocycles. The molecule has 0 aliphatic carbocycles. The molecule has 5 heteroatoms. The van der Waals surface area contributed by atoms with Crippen LogP contribution in [0.25, 0.3) is 0 Å². The van der Waals surface area contributed by atoms with E-state index in [0.717, 1.165) is 21.2 Å². The van der Waals surface area contributed by atoms with Gasteiger partial charge in [-0.05, 0) is 49.2 Å². The van der Waals surface area contributed by atoms with Gasteiger partial charge in [0, 0.05) is 22.4 Å². The van der Waals surface area contributed by atoms with E-state index in [2.05, 4.69) is 27.3 Å². The van der Waals surface area contributed by atoms with Crippen LogP contribution in [0.2, 0.25) is 0 Å². The van der Waals surface area contributed by atoms with Crippen molar-refractivity contribution >= 4 is 27.5 Å². The molecule has 0 bridgehead atoms. The van der Waals surface area contributed by atoms with Crippen LogP contribution >= 0.6 is 15.9 Å². The van der Waals surface area contributed by atoms with Crippen molar-refractivity contribution in [2.45, 2.75) is 20.4 Å². The smallest absolute Gasteiger partial charge is 0.257 e. The molecule has 0 unspecified atom stereocenters. The summed E-state index contributed by atoms with van der Waals surface area (Å²) in [5, 5.41) is 2.85. The van der Waals surface area contributed by atoms with E-state index >= 15 is 0 Å². The second-order valence-corrected chi connectivity index (χ2v) is 7.19. The lowest BCUT2D eigenvalue weighted by Gasteiger charge is -2.12. The molecule has 3 aromatic rings. The van der Waals surface area contributed by atoms with Gasteiger partial charge in [-0.15, -0.1) is 0 Å². The lowest BCUT2D eigenvalue weighted by Crippen LogP contribution is -2.23. The summed E-state index contributed by atoms with van der Waals surface area (Å²) in [5.74, 6) is -0.252. The van der Waals surface area contributed by atoms with E-state index in [4.69, 9.17) is 0 Å². The van der Waals surface area contributed by atoms with Crippen LogP contribution in [-0.2, 0) is 6.54 Å². The Morgan fingerprint density at radius 3 is 2.65 bits per heavy atom. The molecule has 26 heavy (non-hydrogen) atoms. The monoisotopic (exact) mass is 410 g/mol. The van der Waals surface area contributed by atoms with Crippen molar-refractivity contribution in [1.29, 1.82) is 0 Å². The molecule has 0 saturated heterocycles. The molecule has 0 fully saturated rings. The zero-order valence-electron chi connectivity index (χ0n) is 14.6. The quantitative estimate of drug-likeness (QED) is 0.686. The van der Waals surface area contributed by atoms with Crippen LogP contribution in [0.3, 0.4) is 0 Å². The van der Waals surface area contributed by atoms with Crippen LogP contribution in [0.1, 0.15) is 27.0 Å². The second-order valence-electron chi connectivity index (χ2n) is 6.28. The first-order chi connectivity index (χ1) is 12.4. The Hall–Kier alpha value is -2.66. The van der Waals surface area contributed by atoms with Gasteiger partial charge in [-0.25, -0.2) is 0 Å². The van der Waals surface area contributed by atoms with E-state index in [1.165, 1.54) is 6.07 Å². The van der Waals surface area contributed by atoms with Gasteiger partial charge in [-0.1, -0.05) is 45.8 Å². The van der Waals surface area contributed by atoms with Crippen molar-refractivity contribution < 1.29 is 4.79 Å². The summed E-state index contributed by atoms with van der Waals surface area (Å²) in [6.07, 6.45) is 1.61. The molecule has 4 nitrogen and oxygen atoms in total. The Kier molecular flexibility index (Phi) is 5.38. The fraction of sp³-hybridized carbons (Fsp3) is 0.143. The van der Waals surface area contributed by atoms with E-state index in [9.17, 15) is 9.59 Å². The molecule has 0 atom stereocenters. The number of amides is 1. The average Bonchev–Trinajstić information content (AvgIpc) is 2.60. The first-order valence-electron chi connectivity index (χ1n) is 8.26. The maximum atomic E-state index is 12.5. The molecule has 1 N–H and O–H groups in total. The molecule has 1 amide bonds. The summed E-state index contributed by atoms with van der Waals surface area (Å²) < 4.78 is 2.45. The summed E-state index contributed by atoms with van der Waals surface area (Å²) >= 11 is 3.38. The van der Waals surface area contributed by atoms with Crippen LogP contribution in [0.15, 0.2) is 70.1 Å². The summed E-state index contributed by atoms with van der Waals surface area (Å²) in [7, 11) is 0. The normalized spacial score (nSPS) is 10.6. The van der Waals surface area contributed by atoms with Crippen molar-refractivity contribution in [1.82, 2.24) is 4.57 Å². The predicted molar refractivity (Wildman–Crippen MR) is 108 cm³/mol. The fourth-order valence-electron chi connectivity index (χ4n) is 2.71. The van der Waals surface area contributed by atoms with Crippen LogP contribution in [0.5, 0.6) is 0 Å². The molecule has 3 rings (SSSR count). The minimum Gasteiger partial charge on any atom is -0.322 e. The number of rotatable bonds is 4. The van der Waals surface area contributed by atoms with Gasteiger partial charge in [0.15, 0.2) is 0 Å². The van der Waals surface area contributed by atoms with Gasteiger partial charge in [-0.2, -0.15) is 0 Å². The Morgan fingerprint density at radius 2 is 1.88 bits per heavy atom. The van der Waals surface area contributed by atoms with Crippen LogP contribution in [0.4, 0.5) is 5.69 Å². The highest BCUT2D eigenvalue weighted by molar-refractivity contribution is 9.10. The number of carbonyl (C=O) groups excluding carboxylic acids is 1. The Labute approximate surface area is 160 Å². The number of anilines is 1. The lowest BCUT2D eigenvalue weighted by molar-refractivity contribution is 0.102. The average molecular weight is 411 g/mol. The second kappa shape index (κ2) is 7.70. The first-order valence-corrected chi connectivity index (χ1v) is 9.05. The molecule has 0 saturated carbocycles. The molecule has 1 aromatic heterocycles. The number of hydrogen-bond acceptors (Lipinski definition) is 2. The minimum absolute atomic E-state index is 0.134. The lowest BCUT2D eigenvalue weighted by atomic mass is 10.1. The summed E-state index contributed by atoms with van der Waals surface area (Å²) in [5.41, 5.74) is 4.32. The van der Waals surface area contributed by atoms with Gasteiger partial charge < -0.3 is 9.88 Å². The maximum absolute atomic E-state index is 12.5. The SMILES string of the molecule is Cc1ccc(C)c(Cn2cc(C(=O)Nc3cccc(Br)c3)ccc2=O)c1. The summed E-state index contributed by atoms with van der Waals surface area (Å²) in [6.45, 7) is 4.47. The standard InChI is InChI=1S/C21H19BrN2O2/c1-14-6-7-15(2)17(10-14)13-24-12-16(8-9-20(24)25)21(26)23-19-5-3-4-18(22)11-19/h3-12H,13H2,1-2H3,(H,23,26). The van der Waals surface area contributed by atoms with Crippen molar-refractivity contribution in [3.05, 3.63) is 97.9 Å². The van der Waals surface area contributed by atoms with E-state index in [1.807, 2.05) is 50.2 Å². The highest BCUT2D eigenvalue weighted by atomic mass is 79.9. The van der Waals surface area contributed by atoms with Gasteiger partial charge in [0.1, 0.15) is 0 Å². The number of nitrogens with one attached hydrogen (secondary N) is 1. The number of nitrogens with zero attached hydrogens (tertiary/aromatic N) is 1. The van der Waals surface area contributed by atoms with Crippen LogP contribution in [0, 0.1) is 13.8 Å². The largest absolute Gasteiger partial charge is 0.322 e. The number of aromatic nitrogens is 1.